The third-order valence-corrected chi connectivity index (χ3v) is 3.15. The predicted molar refractivity (Wildman–Crippen MR) is 81.9 cm³/mol. The molecule has 0 unspecified atom stereocenters. The molecule has 0 heterocycles. The maximum Gasteiger partial charge on any atom is 0.251 e. The standard InChI is InChI=1S/C17H16N2O3/c1-21-15-7-14(8-16(9-15)22-2)17(20)19-11-13-5-3-12(10-18)4-6-13/h3-9H,11H2,1-2H3,(H,19,20). The SMILES string of the molecule is COc1cc(OC)cc(C(=O)NCc2ccc(C#N)cc2)c1. The molecular weight excluding hydrogens is 280 g/mol. The Morgan fingerprint density at radius 1 is 1.09 bits per heavy atom. The molecule has 0 saturated carbocycles. The fourth-order valence-corrected chi connectivity index (χ4v) is 1.92. The smallest absolute Gasteiger partial charge is 0.251 e. The molecule has 5 heteroatoms. The Hall–Kier alpha value is -3.00. The summed E-state index contributed by atoms with van der Waals surface area (Å²) in [6.07, 6.45) is 0. The van der Waals surface area contributed by atoms with Crippen molar-refractivity contribution in [2.45, 2.75) is 6.54 Å². The first kappa shape index (κ1) is 15.4. The fraction of sp³-hybridized carbons (Fsp3) is 0.176. The van der Waals surface area contributed by atoms with E-state index in [0.29, 0.717) is 29.2 Å². The van der Waals surface area contributed by atoms with Gasteiger partial charge in [0, 0.05) is 18.2 Å². The van der Waals surface area contributed by atoms with E-state index < -0.39 is 0 Å². The zero-order valence-electron chi connectivity index (χ0n) is 12.4. The van der Waals surface area contributed by atoms with Crippen LogP contribution < -0.4 is 14.8 Å². The molecule has 0 aliphatic rings. The van der Waals surface area contributed by atoms with Crippen LogP contribution in [-0.4, -0.2) is 20.1 Å². The summed E-state index contributed by atoms with van der Waals surface area (Å²) in [6, 6.07) is 14.1. The molecule has 5 nitrogen and oxygen atoms in total. The average molecular weight is 296 g/mol. The summed E-state index contributed by atoms with van der Waals surface area (Å²) < 4.78 is 10.3. The molecule has 0 radical (unpaired) electrons. The molecule has 1 amide bonds. The average Bonchev–Trinajstić information content (AvgIpc) is 2.59. The van der Waals surface area contributed by atoms with E-state index in [1.165, 1.54) is 14.2 Å². The minimum atomic E-state index is -0.221. The van der Waals surface area contributed by atoms with Gasteiger partial charge >= 0.3 is 0 Å². The van der Waals surface area contributed by atoms with E-state index in [1.807, 2.05) is 12.1 Å². The Morgan fingerprint density at radius 2 is 1.68 bits per heavy atom. The van der Waals surface area contributed by atoms with Crippen molar-refractivity contribution < 1.29 is 14.3 Å². The summed E-state index contributed by atoms with van der Waals surface area (Å²) in [5, 5.41) is 11.6. The van der Waals surface area contributed by atoms with Crippen molar-refractivity contribution >= 4 is 5.91 Å². The normalized spacial score (nSPS) is 9.68. The quantitative estimate of drug-likeness (QED) is 0.920. The van der Waals surface area contributed by atoms with Gasteiger partial charge in [0.25, 0.3) is 5.91 Å². The van der Waals surface area contributed by atoms with E-state index in [2.05, 4.69) is 11.4 Å². The van der Waals surface area contributed by atoms with Crippen molar-refractivity contribution in [2.75, 3.05) is 14.2 Å². The van der Waals surface area contributed by atoms with Gasteiger partial charge in [-0.05, 0) is 29.8 Å². The van der Waals surface area contributed by atoms with Gasteiger partial charge in [-0.15, -0.1) is 0 Å². The van der Waals surface area contributed by atoms with E-state index in [0.717, 1.165) is 5.56 Å². The second kappa shape index (κ2) is 7.14. The zero-order valence-corrected chi connectivity index (χ0v) is 12.4. The zero-order chi connectivity index (χ0) is 15.9. The van der Waals surface area contributed by atoms with Crippen molar-refractivity contribution in [3.63, 3.8) is 0 Å². The van der Waals surface area contributed by atoms with Crippen LogP contribution in [0.4, 0.5) is 0 Å². The molecule has 22 heavy (non-hydrogen) atoms. The Kier molecular flexibility index (Phi) is 4.99. The lowest BCUT2D eigenvalue weighted by atomic mass is 10.1. The highest BCUT2D eigenvalue weighted by Gasteiger charge is 2.09. The van der Waals surface area contributed by atoms with Crippen LogP contribution in [0.5, 0.6) is 11.5 Å². The largest absolute Gasteiger partial charge is 0.497 e. The van der Waals surface area contributed by atoms with Crippen molar-refractivity contribution in [2.24, 2.45) is 0 Å². The minimum absolute atomic E-state index is 0.221. The first-order valence-corrected chi connectivity index (χ1v) is 6.66. The number of nitrogens with zero attached hydrogens (tertiary/aromatic N) is 1. The number of methoxy groups -OCH3 is 2. The summed E-state index contributed by atoms with van der Waals surface area (Å²) in [5.41, 5.74) is 1.97. The van der Waals surface area contributed by atoms with Crippen LogP contribution in [0, 0.1) is 11.3 Å². The summed E-state index contributed by atoms with van der Waals surface area (Å²) >= 11 is 0. The van der Waals surface area contributed by atoms with Gasteiger partial charge in [-0.1, -0.05) is 12.1 Å². The van der Waals surface area contributed by atoms with Crippen molar-refractivity contribution in [1.82, 2.24) is 5.32 Å². The number of ether oxygens (including phenoxy) is 2. The third kappa shape index (κ3) is 3.76. The van der Waals surface area contributed by atoms with Crippen LogP contribution in [0.1, 0.15) is 21.5 Å². The summed E-state index contributed by atoms with van der Waals surface area (Å²) in [4.78, 5) is 12.2. The number of benzene rings is 2. The molecule has 0 spiro atoms. The second-order valence-electron chi connectivity index (χ2n) is 4.59. The minimum Gasteiger partial charge on any atom is -0.497 e. The molecule has 2 aromatic rings. The first-order chi connectivity index (χ1) is 10.7. The summed E-state index contributed by atoms with van der Waals surface area (Å²) in [6.45, 7) is 0.379. The lowest BCUT2D eigenvalue weighted by Gasteiger charge is -2.09. The predicted octanol–water partition coefficient (Wildman–Crippen LogP) is 2.51. The van der Waals surface area contributed by atoms with Gasteiger partial charge in [0.05, 0.1) is 25.9 Å². The summed E-state index contributed by atoms with van der Waals surface area (Å²) in [5.74, 6) is 0.896. The Bertz CT molecular complexity index is 681. The first-order valence-electron chi connectivity index (χ1n) is 6.66. The van der Waals surface area contributed by atoms with Crippen LogP contribution in [0.3, 0.4) is 0 Å². The van der Waals surface area contributed by atoms with Crippen LogP contribution in [0.2, 0.25) is 0 Å². The van der Waals surface area contributed by atoms with Gasteiger partial charge in [-0.3, -0.25) is 4.79 Å². The number of rotatable bonds is 5. The molecule has 0 aliphatic heterocycles. The van der Waals surface area contributed by atoms with Gasteiger partial charge in [0.15, 0.2) is 0 Å². The molecule has 2 rings (SSSR count). The highest BCUT2D eigenvalue weighted by molar-refractivity contribution is 5.95. The molecule has 0 fully saturated rings. The maximum absolute atomic E-state index is 12.2. The summed E-state index contributed by atoms with van der Waals surface area (Å²) in [7, 11) is 3.07. The lowest BCUT2D eigenvalue weighted by Crippen LogP contribution is -2.22. The Morgan fingerprint density at radius 3 is 2.18 bits per heavy atom. The van der Waals surface area contributed by atoms with Crippen molar-refractivity contribution in [1.29, 1.82) is 5.26 Å². The van der Waals surface area contributed by atoms with Crippen LogP contribution in [0.15, 0.2) is 42.5 Å². The molecule has 0 atom stereocenters. The molecule has 2 aromatic carbocycles. The number of hydrogen-bond donors (Lipinski definition) is 1. The van der Waals surface area contributed by atoms with Gasteiger partial charge in [-0.2, -0.15) is 5.26 Å². The van der Waals surface area contributed by atoms with Gasteiger partial charge in [0.1, 0.15) is 11.5 Å². The molecular formula is C17H16N2O3. The van der Waals surface area contributed by atoms with Crippen LogP contribution in [-0.2, 0) is 6.54 Å². The Labute approximate surface area is 129 Å². The maximum atomic E-state index is 12.2. The third-order valence-electron chi connectivity index (χ3n) is 3.15. The van der Waals surface area contributed by atoms with E-state index in [-0.39, 0.29) is 5.91 Å². The van der Waals surface area contributed by atoms with E-state index in [9.17, 15) is 4.79 Å². The highest BCUT2D eigenvalue weighted by atomic mass is 16.5. The molecule has 1 N–H and O–H groups in total. The molecule has 0 saturated heterocycles. The van der Waals surface area contributed by atoms with Crippen LogP contribution >= 0.6 is 0 Å². The number of carbonyl (C=O) groups excluding carboxylic acids is 1. The highest BCUT2D eigenvalue weighted by Crippen LogP contribution is 2.22. The molecule has 112 valence electrons. The van der Waals surface area contributed by atoms with Crippen molar-refractivity contribution in [3.05, 3.63) is 59.2 Å². The topological polar surface area (TPSA) is 71.3 Å². The van der Waals surface area contributed by atoms with Crippen molar-refractivity contribution in [3.8, 4) is 17.6 Å². The number of amides is 1. The number of hydrogen-bond acceptors (Lipinski definition) is 4. The Balaban J connectivity index is 2.07. The van der Waals surface area contributed by atoms with Gasteiger partial charge < -0.3 is 14.8 Å². The van der Waals surface area contributed by atoms with Crippen LogP contribution in [0.25, 0.3) is 0 Å². The van der Waals surface area contributed by atoms with Gasteiger partial charge in [-0.25, -0.2) is 0 Å². The monoisotopic (exact) mass is 296 g/mol. The number of nitrogens with one attached hydrogen (secondary N) is 1. The molecule has 0 bridgehead atoms. The van der Waals surface area contributed by atoms with E-state index in [1.54, 1.807) is 30.3 Å². The van der Waals surface area contributed by atoms with Gasteiger partial charge in [0.2, 0.25) is 0 Å². The molecule has 0 aliphatic carbocycles. The number of nitriles is 1. The second-order valence-corrected chi connectivity index (χ2v) is 4.59. The lowest BCUT2D eigenvalue weighted by molar-refractivity contribution is 0.0950. The van der Waals surface area contributed by atoms with E-state index >= 15 is 0 Å². The van der Waals surface area contributed by atoms with E-state index in [4.69, 9.17) is 14.7 Å². The molecule has 0 aromatic heterocycles. The number of carbonyl (C=O) groups is 1. The fourth-order valence-electron chi connectivity index (χ4n) is 1.92.